The van der Waals surface area contributed by atoms with Crippen molar-refractivity contribution in [2.75, 3.05) is 6.61 Å². The molecular weight excluding hydrogens is 264 g/mol. The van der Waals surface area contributed by atoms with Gasteiger partial charge in [-0.05, 0) is 24.1 Å². The summed E-state index contributed by atoms with van der Waals surface area (Å²) in [6.07, 6.45) is 0.420. The van der Waals surface area contributed by atoms with Crippen LogP contribution in [0.25, 0.3) is 0 Å². The third-order valence-corrected chi connectivity index (χ3v) is 2.94. The van der Waals surface area contributed by atoms with Crippen molar-refractivity contribution in [2.45, 2.75) is 24.8 Å². The lowest BCUT2D eigenvalue weighted by atomic mass is 10.1. The number of aliphatic hydroxyl groups excluding tert-OH is 1. The molecule has 1 aromatic rings. The number of aliphatic hydroxyl groups is 1. The molecule has 1 amide bonds. The molecule has 0 aliphatic carbocycles. The van der Waals surface area contributed by atoms with Gasteiger partial charge >= 0.3 is 0 Å². The van der Waals surface area contributed by atoms with E-state index in [1.807, 2.05) is 0 Å². The molecule has 0 bridgehead atoms. The van der Waals surface area contributed by atoms with Crippen molar-refractivity contribution >= 4 is 17.5 Å². The fourth-order valence-electron chi connectivity index (χ4n) is 1.46. The van der Waals surface area contributed by atoms with Crippen LogP contribution in [0.5, 0.6) is 0 Å². The van der Waals surface area contributed by atoms with E-state index < -0.39 is 35.6 Å². The maximum atomic E-state index is 13.0. The summed E-state index contributed by atoms with van der Waals surface area (Å²) in [4.78, 5) is 11.5. The minimum atomic E-state index is -0.879. The maximum absolute atomic E-state index is 13.0. The number of benzene rings is 1. The van der Waals surface area contributed by atoms with E-state index in [9.17, 15) is 13.6 Å². The van der Waals surface area contributed by atoms with Gasteiger partial charge in [-0.3, -0.25) is 4.79 Å². The average Bonchev–Trinajstić information content (AvgIpc) is 2.33. The molecule has 0 aromatic heterocycles. The zero-order valence-electron chi connectivity index (χ0n) is 9.79. The van der Waals surface area contributed by atoms with Crippen LogP contribution in [0.1, 0.15) is 24.9 Å². The van der Waals surface area contributed by atoms with E-state index in [1.54, 1.807) is 6.92 Å². The van der Waals surface area contributed by atoms with Crippen molar-refractivity contribution < 1.29 is 18.7 Å². The molecule has 0 saturated heterocycles. The Morgan fingerprint density at radius 3 is 2.39 bits per heavy atom. The Balaban J connectivity index is 2.86. The number of hydrogen-bond donors (Lipinski definition) is 2. The van der Waals surface area contributed by atoms with Crippen LogP contribution in [-0.4, -0.2) is 23.0 Å². The fourth-order valence-corrected chi connectivity index (χ4v) is 1.52. The molecule has 6 heteroatoms. The summed E-state index contributed by atoms with van der Waals surface area (Å²) in [5, 5.41) is 10.9. The van der Waals surface area contributed by atoms with Gasteiger partial charge in [0.05, 0.1) is 12.6 Å². The van der Waals surface area contributed by atoms with Crippen LogP contribution in [0.3, 0.4) is 0 Å². The van der Waals surface area contributed by atoms with E-state index in [-0.39, 0.29) is 5.56 Å². The van der Waals surface area contributed by atoms with Crippen LogP contribution in [0.4, 0.5) is 8.78 Å². The molecule has 1 aromatic carbocycles. The second-order valence-electron chi connectivity index (χ2n) is 3.82. The third kappa shape index (κ3) is 3.92. The van der Waals surface area contributed by atoms with E-state index in [0.29, 0.717) is 6.42 Å². The van der Waals surface area contributed by atoms with Gasteiger partial charge in [-0.1, -0.05) is 6.92 Å². The third-order valence-electron chi connectivity index (χ3n) is 2.43. The second-order valence-corrected chi connectivity index (χ2v) is 4.35. The van der Waals surface area contributed by atoms with Crippen LogP contribution >= 0.6 is 11.6 Å². The highest BCUT2D eigenvalue weighted by atomic mass is 35.5. The summed E-state index contributed by atoms with van der Waals surface area (Å²) in [5.74, 6) is -2.02. The standard InChI is InChI=1S/C12H14ClF2NO2/c1-2-10(13)12(18)16-11(6-17)7-3-8(14)5-9(15)4-7/h3-5,10-11,17H,2,6H2,1H3,(H,16,18)/t10?,11-/m0/s1. The molecule has 1 unspecified atom stereocenters. The molecule has 0 aliphatic heterocycles. The van der Waals surface area contributed by atoms with Crippen molar-refractivity contribution in [3.05, 3.63) is 35.4 Å². The van der Waals surface area contributed by atoms with E-state index in [2.05, 4.69) is 5.32 Å². The molecule has 0 spiro atoms. The monoisotopic (exact) mass is 277 g/mol. The molecule has 2 N–H and O–H groups in total. The van der Waals surface area contributed by atoms with Crippen LogP contribution in [0.15, 0.2) is 18.2 Å². The molecule has 0 radical (unpaired) electrons. The number of hydrogen-bond acceptors (Lipinski definition) is 2. The first kappa shape index (κ1) is 14.9. The number of rotatable bonds is 5. The lowest BCUT2D eigenvalue weighted by Crippen LogP contribution is -2.36. The molecule has 100 valence electrons. The fraction of sp³-hybridized carbons (Fsp3) is 0.417. The molecule has 1 rings (SSSR count). The zero-order valence-corrected chi connectivity index (χ0v) is 10.5. The Bertz CT molecular complexity index is 408. The van der Waals surface area contributed by atoms with Crippen molar-refractivity contribution in [1.82, 2.24) is 5.32 Å². The molecule has 0 fully saturated rings. The summed E-state index contributed by atoms with van der Waals surface area (Å²) >= 11 is 5.72. The summed E-state index contributed by atoms with van der Waals surface area (Å²) in [6.45, 7) is 1.26. The van der Waals surface area contributed by atoms with E-state index in [0.717, 1.165) is 18.2 Å². The van der Waals surface area contributed by atoms with Crippen LogP contribution in [0, 0.1) is 11.6 Å². The highest BCUT2D eigenvalue weighted by Gasteiger charge is 2.19. The summed E-state index contributed by atoms with van der Waals surface area (Å²) in [7, 11) is 0. The number of alkyl halides is 1. The first-order valence-corrected chi connectivity index (χ1v) is 5.92. The van der Waals surface area contributed by atoms with Gasteiger partial charge in [-0.2, -0.15) is 0 Å². The van der Waals surface area contributed by atoms with Gasteiger partial charge in [0.1, 0.15) is 17.0 Å². The number of amides is 1. The first-order valence-electron chi connectivity index (χ1n) is 5.49. The number of nitrogens with one attached hydrogen (secondary N) is 1. The van der Waals surface area contributed by atoms with Gasteiger partial charge in [-0.15, -0.1) is 11.6 Å². The lowest BCUT2D eigenvalue weighted by molar-refractivity contribution is -0.121. The minimum Gasteiger partial charge on any atom is -0.394 e. The summed E-state index contributed by atoms with van der Waals surface area (Å²) < 4.78 is 26.1. The topological polar surface area (TPSA) is 49.3 Å². The number of carbonyl (C=O) groups excluding carboxylic acids is 1. The predicted molar refractivity (Wildman–Crippen MR) is 64.3 cm³/mol. The van der Waals surface area contributed by atoms with Crippen molar-refractivity contribution in [1.29, 1.82) is 0 Å². The van der Waals surface area contributed by atoms with Crippen molar-refractivity contribution in [3.63, 3.8) is 0 Å². The van der Waals surface area contributed by atoms with E-state index in [4.69, 9.17) is 16.7 Å². The Labute approximate surface area is 109 Å². The van der Waals surface area contributed by atoms with Gasteiger partial charge in [0.2, 0.25) is 5.91 Å². The maximum Gasteiger partial charge on any atom is 0.238 e. The van der Waals surface area contributed by atoms with Crippen molar-refractivity contribution in [3.8, 4) is 0 Å². The smallest absolute Gasteiger partial charge is 0.238 e. The van der Waals surface area contributed by atoms with Crippen LogP contribution < -0.4 is 5.32 Å². The normalized spacial score (nSPS) is 14.1. The Morgan fingerprint density at radius 1 is 1.39 bits per heavy atom. The summed E-state index contributed by atoms with van der Waals surface area (Å²) in [5.41, 5.74) is 0.156. The molecule has 0 heterocycles. The highest BCUT2D eigenvalue weighted by Crippen LogP contribution is 2.17. The molecule has 2 atom stereocenters. The van der Waals surface area contributed by atoms with E-state index in [1.165, 1.54) is 0 Å². The largest absolute Gasteiger partial charge is 0.394 e. The molecule has 3 nitrogen and oxygen atoms in total. The van der Waals surface area contributed by atoms with E-state index >= 15 is 0 Å². The minimum absolute atomic E-state index is 0.156. The SMILES string of the molecule is CCC(Cl)C(=O)N[C@@H](CO)c1cc(F)cc(F)c1. The van der Waals surface area contributed by atoms with Gasteiger partial charge in [0.25, 0.3) is 0 Å². The molecule has 0 aliphatic rings. The number of halogens is 3. The zero-order chi connectivity index (χ0) is 13.7. The van der Waals surface area contributed by atoms with Gasteiger partial charge < -0.3 is 10.4 Å². The van der Waals surface area contributed by atoms with Gasteiger partial charge in [0.15, 0.2) is 0 Å². The van der Waals surface area contributed by atoms with Crippen LogP contribution in [0.2, 0.25) is 0 Å². The molecule has 0 saturated carbocycles. The highest BCUT2D eigenvalue weighted by molar-refractivity contribution is 6.30. The van der Waals surface area contributed by atoms with Crippen LogP contribution in [-0.2, 0) is 4.79 Å². The Kier molecular flexibility index (Phi) is 5.50. The number of carbonyl (C=O) groups is 1. The average molecular weight is 278 g/mol. The van der Waals surface area contributed by atoms with Crippen molar-refractivity contribution in [2.24, 2.45) is 0 Å². The summed E-state index contributed by atoms with van der Waals surface area (Å²) in [6, 6.07) is 1.95. The molecule has 18 heavy (non-hydrogen) atoms. The quantitative estimate of drug-likeness (QED) is 0.810. The lowest BCUT2D eigenvalue weighted by Gasteiger charge is -2.18. The Morgan fingerprint density at radius 2 is 1.94 bits per heavy atom. The van der Waals surface area contributed by atoms with Gasteiger partial charge in [-0.25, -0.2) is 8.78 Å². The molecular formula is C12H14ClF2NO2. The first-order chi connectivity index (χ1) is 8.47. The Hall–Kier alpha value is -1.20. The predicted octanol–water partition coefficient (Wildman–Crippen LogP) is 2.13. The second kappa shape index (κ2) is 6.66. The van der Waals surface area contributed by atoms with Gasteiger partial charge in [0, 0.05) is 6.07 Å².